The molecule has 30 heavy (non-hydrogen) atoms. The number of hydrogen-bond donors (Lipinski definition) is 0. The molecule has 3 aromatic rings. The van der Waals surface area contributed by atoms with E-state index < -0.39 is 9.84 Å². The van der Waals surface area contributed by atoms with Crippen LogP contribution in [0.3, 0.4) is 0 Å². The number of halogens is 2. The Bertz CT molecular complexity index is 1150. The number of carbonyl (C=O) groups is 1. The maximum absolute atomic E-state index is 13.1. The van der Waals surface area contributed by atoms with Crippen molar-refractivity contribution < 1.29 is 13.2 Å². The summed E-state index contributed by atoms with van der Waals surface area (Å²) in [4.78, 5) is 21.6. The summed E-state index contributed by atoms with van der Waals surface area (Å²) in [5, 5.41) is 1.10. The van der Waals surface area contributed by atoms with Crippen LogP contribution in [-0.4, -0.2) is 57.6 Å². The number of thiazole rings is 1. The minimum absolute atomic E-state index is 0. The van der Waals surface area contributed by atoms with E-state index in [1.54, 1.807) is 23.1 Å². The number of fused-ring (bicyclic) bond motifs is 1. The predicted molar refractivity (Wildman–Crippen MR) is 126 cm³/mol. The summed E-state index contributed by atoms with van der Waals surface area (Å²) in [6.07, 6.45) is 1.34. The van der Waals surface area contributed by atoms with Gasteiger partial charge in [0.25, 0.3) is 0 Å². The van der Waals surface area contributed by atoms with E-state index in [1.807, 2.05) is 37.2 Å². The van der Waals surface area contributed by atoms with Crippen molar-refractivity contribution in [3.05, 3.63) is 53.1 Å². The number of amides is 1. The molecule has 1 aromatic heterocycles. The van der Waals surface area contributed by atoms with Crippen LogP contribution in [0.5, 0.6) is 0 Å². The lowest BCUT2D eigenvalue weighted by atomic mass is 10.1. The zero-order valence-corrected chi connectivity index (χ0v) is 20.0. The van der Waals surface area contributed by atoms with Crippen LogP contribution in [-0.2, 0) is 21.1 Å². The Hall–Kier alpha value is -1.71. The fraction of sp³-hybridized carbons (Fsp3) is 0.300. The molecular formula is C20H23Cl2N3O3S2. The Morgan fingerprint density at radius 2 is 1.83 bits per heavy atom. The molecule has 0 unspecified atom stereocenters. The summed E-state index contributed by atoms with van der Waals surface area (Å²) in [6, 6.07) is 12.1. The van der Waals surface area contributed by atoms with Gasteiger partial charge in [0.15, 0.2) is 15.0 Å². The second kappa shape index (κ2) is 10.1. The highest BCUT2D eigenvalue weighted by molar-refractivity contribution is 7.90. The van der Waals surface area contributed by atoms with E-state index in [1.165, 1.54) is 23.7 Å². The summed E-state index contributed by atoms with van der Waals surface area (Å²) >= 11 is 7.53. The molecule has 0 aliphatic carbocycles. The second-order valence-corrected chi connectivity index (χ2v) is 10.4. The first-order chi connectivity index (χ1) is 13.6. The zero-order valence-electron chi connectivity index (χ0n) is 16.8. The molecule has 1 amide bonds. The third kappa shape index (κ3) is 5.92. The normalized spacial score (nSPS) is 11.5. The molecule has 0 aliphatic rings. The summed E-state index contributed by atoms with van der Waals surface area (Å²) in [5.74, 6) is -0.109. The first kappa shape index (κ1) is 24.6. The minimum atomic E-state index is -3.31. The molecule has 0 aliphatic heterocycles. The molecule has 0 N–H and O–H groups in total. The van der Waals surface area contributed by atoms with E-state index in [9.17, 15) is 13.2 Å². The van der Waals surface area contributed by atoms with E-state index in [2.05, 4.69) is 4.98 Å². The Morgan fingerprint density at radius 3 is 2.47 bits per heavy atom. The van der Waals surface area contributed by atoms with Crippen LogP contribution in [0.1, 0.15) is 5.56 Å². The van der Waals surface area contributed by atoms with Crippen LogP contribution in [0.4, 0.5) is 5.13 Å². The average molecular weight is 488 g/mol. The van der Waals surface area contributed by atoms with Crippen molar-refractivity contribution in [3.63, 3.8) is 0 Å². The van der Waals surface area contributed by atoms with Crippen molar-refractivity contribution in [2.75, 3.05) is 38.3 Å². The van der Waals surface area contributed by atoms with Crippen LogP contribution < -0.4 is 4.90 Å². The van der Waals surface area contributed by atoms with Gasteiger partial charge in [-0.05, 0) is 43.9 Å². The molecule has 0 saturated heterocycles. The first-order valence-corrected chi connectivity index (χ1v) is 12.0. The number of rotatable bonds is 7. The highest BCUT2D eigenvalue weighted by Crippen LogP contribution is 2.31. The number of anilines is 1. The zero-order chi connectivity index (χ0) is 21.2. The molecule has 2 aromatic carbocycles. The average Bonchev–Trinajstić information content (AvgIpc) is 3.05. The maximum atomic E-state index is 13.1. The number of carbonyl (C=O) groups excluding carboxylic acids is 1. The standard InChI is InChI=1S/C20H22ClN3O3S2.ClH/c1-23(2)10-11-24(19(25)12-14-6-4-5-7-16(14)21)20-22-17-9-8-15(29(3,26)27)13-18(17)28-20;/h4-9,13H,10-12H2,1-3H3;1H. The Labute approximate surface area is 191 Å². The number of nitrogens with zero attached hydrogens (tertiary/aromatic N) is 3. The molecule has 0 radical (unpaired) electrons. The van der Waals surface area contributed by atoms with Gasteiger partial charge in [-0.3, -0.25) is 9.69 Å². The molecule has 0 bridgehead atoms. The summed E-state index contributed by atoms with van der Waals surface area (Å²) in [7, 11) is 0.564. The third-order valence-electron chi connectivity index (χ3n) is 4.38. The smallest absolute Gasteiger partial charge is 0.233 e. The molecule has 6 nitrogen and oxygen atoms in total. The lowest BCUT2D eigenvalue weighted by Gasteiger charge is -2.22. The lowest BCUT2D eigenvalue weighted by Crippen LogP contribution is -2.37. The van der Waals surface area contributed by atoms with Crippen molar-refractivity contribution in [1.29, 1.82) is 0 Å². The van der Waals surface area contributed by atoms with Crippen molar-refractivity contribution >= 4 is 66.4 Å². The number of sulfone groups is 1. The predicted octanol–water partition coefficient (Wildman–Crippen LogP) is 3.91. The van der Waals surface area contributed by atoms with Crippen LogP contribution in [0.2, 0.25) is 5.02 Å². The van der Waals surface area contributed by atoms with E-state index >= 15 is 0 Å². The van der Waals surface area contributed by atoms with Gasteiger partial charge >= 0.3 is 0 Å². The fourth-order valence-corrected chi connectivity index (χ4v) is 4.74. The Kier molecular flexibility index (Phi) is 8.24. The maximum Gasteiger partial charge on any atom is 0.233 e. The molecule has 0 fully saturated rings. The lowest BCUT2D eigenvalue weighted by molar-refractivity contribution is -0.118. The van der Waals surface area contributed by atoms with Crippen molar-refractivity contribution in [1.82, 2.24) is 9.88 Å². The summed E-state index contributed by atoms with van der Waals surface area (Å²) < 4.78 is 24.4. The highest BCUT2D eigenvalue weighted by atomic mass is 35.5. The highest BCUT2D eigenvalue weighted by Gasteiger charge is 2.21. The van der Waals surface area contributed by atoms with Crippen LogP contribution in [0.15, 0.2) is 47.4 Å². The minimum Gasteiger partial charge on any atom is -0.308 e. The third-order valence-corrected chi connectivity index (χ3v) is 6.90. The van der Waals surface area contributed by atoms with Gasteiger partial charge < -0.3 is 4.90 Å². The van der Waals surface area contributed by atoms with Gasteiger partial charge in [-0.15, -0.1) is 12.4 Å². The molecule has 3 rings (SSSR count). The van der Waals surface area contributed by atoms with Gasteiger partial charge in [0.1, 0.15) is 0 Å². The number of hydrogen-bond acceptors (Lipinski definition) is 6. The van der Waals surface area contributed by atoms with Gasteiger partial charge in [0, 0.05) is 24.4 Å². The summed E-state index contributed by atoms with van der Waals surface area (Å²) in [5.41, 5.74) is 1.42. The summed E-state index contributed by atoms with van der Waals surface area (Å²) in [6.45, 7) is 1.13. The molecule has 162 valence electrons. The molecule has 0 saturated carbocycles. The molecule has 0 atom stereocenters. The van der Waals surface area contributed by atoms with E-state index in [4.69, 9.17) is 11.6 Å². The van der Waals surface area contributed by atoms with E-state index in [-0.39, 0.29) is 29.6 Å². The van der Waals surface area contributed by atoms with Gasteiger partial charge in [0.2, 0.25) is 5.91 Å². The Balaban J connectivity index is 0.00000320. The van der Waals surface area contributed by atoms with Gasteiger partial charge in [-0.2, -0.15) is 0 Å². The number of benzene rings is 2. The van der Waals surface area contributed by atoms with Gasteiger partial charge in [-0.1, -0.05) is 41.1 Å². The van der Waals surface area contributed by atoms with E-state index in [0.717, 1.165) is 10.3 Å². The Morgan fingerprint density at radius 1 is 1.13 bits per heavy atom. The largest absolute Gasteiger partial charge is 0.308 e. The van der Waals surface area contributed by atoms with Crippen molar-refractivity contribution in [3.8, 4) is 0 Å². The van der Waals surface area contributed by atoms with Crippen LogP contribution >= 0.6 is 35.3 Å². The van der Waals surface area contributed by atoms with Gasteiger partial charge in [-0.25, -0.2) is 13.4 Å². The quantitative estimate of drug-likeness (QED) is 0.505. The van der Waals surface area contributed by atoms with Crippen molar-refractivity contribution in [2.45, 2.75) is 11.3 Å². The topological polar surface area (TPSA) is 70.6 Å². The van der Waals surface area contributed by atoms with Crippen LogP contribution in [0.25, 0.3) is 10.2 Å². The van der Waals surface area contributed by atoms with E-state index in [0.29, 0.717) is 28.8 Å². The molecular weight excluding hydrogens is 465 g/mol. The van der Waals surface area contributed by atoms with Gasteiger partial charge in [0.05, 0.1) is 21.5 Å². The number of aromatic nitrogens is 1. The fourth-order valence-electron chi connectivity index (χ4n) is 2.77. The van der Waals surface area contributed by atoms with Crippen molar-refractivity contribution in [2.24, 2.45) is 0 Å². The monoisotopic (exact) mass is 487 g/mol. The molecule has 10 heteroatoms. The number of likely N-dealkylation sites (N-methyl/N-ethyl adjacent to an activating group) is 1. The first-order valence-electron chi connectivity index (χ1n) is 8.94. The molecule has 0 spiro atoms. The second-order valence-electron chi connectivity index (χ2n) is 7.01. The molecule has 1 heterocycles. The SMILES string of the molecule is CN(C)CCN(C(=O)Cc1ccccc1Cl)c1nc2ccc(S(C)(=O)=O)cc2s1.Cl. The van der Waals surface area contributed by atoms with Crippen LogP contribution in [0, 0.1) is 0 Å².